The number of halogens is 1. The monoisotopic (exact) mass is 1210 g/mol. The van der Waals surface area contributed by atoms with Gasteiger partial charge in [0.25, 0.3) is 0 Å². The van der Waals surface area contributed by atoms with Gasteiger partial charge in [-0.3, -0.25) is 29.8 Å². The zero-order valence-corrected chi connectivity index (χ0v) is 50.3. The summed E-state index contributed by atoms with van der Waals surface area (Å²) < 4.78 is 35.1. The number of anilines is 3. The lowest BCUT2D eigenvalue weighted by Gasteiger charge is -2.42. The number of epoxide rings is 1. The maximum Gasteiger partial charge on any atom is 0.412 e. The Hall–Kier alpha value is -7.23. The Morgan fingerprint density at radius 3 is 2.35 bits per heavy atom. The van der Waals surface area contributed by atoms with Crippen molar-refractivity contribution in [3.05, 3.63) is 76.9 Å². The van der Waals surface area contributed by atoms with Crippen LogP contribution in [0, 0.1) is 11.8 Å². The Morgan fingerprint density at radius 1 is 0.964 bits per heavy atom. The fourth-order valence-electron chi connectivity index (χ4n) is 10.3. The Balaban J connectivity index is 1.18. The predicted molar refractivity (Wildman–Crippen MR) is 316 cm³/mol. The number of carbonyl (C=O) groups is 7. The molecule has 2 aromatic carbocycles. The molecule has 4 heterocycles. The number of aliphatic hydroxyl groups excluding tert-OH is 1. The van der Waals surface area contributed by atoms with Crippen molar-refractivity contribution in [1.29, 1.82) is 0 Å². The molecule has 27 heteroatoms. The highest BCUT2D eigenvalue weighted by Crippen LogP contribution is 2.49. The van der Waals surface area contributed by atoms with Crippen molar-refractivity contribution < 1.29 is 72.2 Å². The molecular formula is C57H79ClN10O15S. The molecule has 2 fully saturated rings. The molecule has 4 bridgehead atoms. The zero-order chi connectivity index (χ0) is 61.6. The number of amides is 8. The normalized spacial score (nSPS) is 25.8. The van der Waals surface area contributed by atoms with E-state index in [-0.39, 0.29) is 58.5 Å². The molecule has 4 aliphatic heterocycles. The molecule has 10 atom stereocenters. The van der Waals surface area contributed by atoms with Crippen LogP contribution in [0.5, 0.6) is 11.5 Å². The van der Waals surface area contributed by atoms with Crippen LogP contribution < -0.4 is 57.3 Å². The van der Waals surface area contributed by atoms with Crippen molar-refractivity contribution in [2.75, 3.05) is 63.5 Å². The number of thiocarbonyl (C=S) groups is 1. The predicted octanol–water partition coefficient (Wildman–Crippen LogP) is 4.63. The average molecular weight is 1210 g/mol. The van der Waals surface area contributed by atoms with Gasteiger partial charge in [-0.05, 0) is 106 Å². The molecule has 4 aliphatic rings. The standard InChI is InChI=1S/C57H79ClN10O15S/c1-31(2)48(65-53(84)61-23-12-13-24-68-44(69)20-21-45(68)70)51(73)64-37(16-10-11-22-60-52(59)74)50(72)63-36-19-18-35(28-39(36)78-7)62-54(75)82-43-29-46(71)67(6)38-26-34(27-40(79-8)47(38)58)25-32(3)15-14-17-42(80-9)57(77)30-41(81-55(76)66-57)33(4)49-56(43,5)83-49/h14-15,17-21,26-28,31,33,37,41-44,48-49,69,77H,10-13,16,22-25,29-30H2,1-9H3,(H,62,75)(H,63,72)(H,64,73)(H,66,76)(H3,59,60,74)(H2,61,65,84)/b17-14+,32-15+/t33-,37+,41+,42-,43+,44?,48+,49+,56+,57+/m1/s1. The summed E-state index contributed by atoms with van der Waals surface area (Å²) in [7, 11) is 5.76. The lowest BCUT2D eigenvalue weighted by atomic mass is 9.83. The van der Waals surface area contributed by atoms with E-state index in [1.54, 1.807) is 38.1 Å². The van der Waals surface area contributed by atoms with E-state index in [1.165, 1.54) is 68.5 Å². The Bertz CT molecular complexity index is 2860. The third kappa shape index (κ3) is 17.2. The van der Waals surface area contributed by atoms with Gasteiger partial charge >= 0.3 is 18.2 Å². The van der Waals surface area contributed by atoms with Crippen LogP contribution in [0.3, 0.4) is 0 Å². The number of aliphatic hydroxyl groups is 2. The number of hydrogen-bond acceptors (Lipinski definition) is 16. The van der Waals surface area contributed by atoms with E-state index in [0.717, 1.165) is 11.1 Å². The lowest BCUT2D eigenvalue weighted by molar-refractivity contribution is -0.142. The number of hydrogen-bond donors (Lipinski definition) is 10. The Morgan fingerprint density at radius 2 is 1.68 bits per heavy atom. The van der Waals surface area contributed by atoms with E-state index >= 15 is 0 Å². The third-order valence-corrected chi connectivity index (χ3v) is 15.8. The minimum Gasteiger partial charge on any atom is -0.495 e. The molecule has 0 saturated carbocycles. The second-order valence-corrected chi connectivity index (χ2v) is 22.5. The largest absolute Gasteiger partial charge is 0.495 e. The number of primary amides is 1. The molecule has 2 saturated heterocycles. The first-order valence-corrected chi connectivity index (χ1v) is 28.5. The van der Waals surface area contributed by atoms with E-state index in [2.05, 4.69) is 37.2 Å². The van der Waals surface area contributed by atoms with Crippen molar-refractivity contribution in [2.45, 2.75) is 140 Å². The van der Waals surface area contributed by atoms with Crippen molar-refractivity contribution >= 4 is 87.8 Å². The summed E-state index contributed by atoms with van der Waals surface area (Å²) >= 11 is 12.4. The minimum atomic E-state index is -1.90. The maximum absolute atomic E-state index is 14.5. The lowest BCUT2D eigenvalue weighted by Crippen LogP contribution is -2.63. The number of ether oxygens (including phenoxy) is 6. The van der Waals surface area contributed by atoms with Crippen LogP contribution in [0.25, 0.3) is 0 Å². The first kappa shape index (κ1) is 65.9. The molecule has 25 nitrogen and oxygen atoms in total. The van der Waals surface area contributed by atoms with Gasteiger partial charge in [0.2, 0.25) is 23.6 Å². The van der Waals surface area contributed by atoms with Gasteiger partial charge in [-0.2, -0.15) is 0 Å². The van der Waals surface area contributed by atoms with Crippen LogP contribution in [0.4, 0.5) is 31.4 Å². The van der Waals surface area contributed by atoms with Crippen LogP contribution in [0.1, 0.15) is 85.1 Å². The van der Waals surface area contributed by atoms with Gasteiger partial charge in [-0.15, -0.1) is 0 Å². The van der Waals surface area contributed by atoms with Gasteiger partial charge in [0.05, 0.1) is 38.1 Å². The molecule has 84 heavy (non-hydrogen) atoms. The number of fused-ring (bicyclic) bond motifs is 5. The summed E-state index contributed by atoms with van der Waals surface area (Å²) in [6.45, 7) is 9.95. The molecule has 2 aromatic rings. The van der Waals surface area contributed by atoms with Crippen molar-refractivity contribution in [2.24, 2.45) is 17.6 Å². The molecular weight excluding hydrogens is 1130 g/mol. The van der Waals surface area contributed by atoms with Crippen molar-refractivity contribution in [1.82, 2.24) is 31.5 Å². The first-order chi connectivity index (χ1) is 39.8. The highest BCUT2D eigenvalue weighted by molar-refractivity contribution is 7.80. The summed E-state index contributed by atoms with van der Waals surface area (Å²) in [5.74, 6) is -2.40. The van der Waals surface area contributed by atoms with Crippen LogP contribution in [-0.2, 0) is 44.5 Å². The molecule has 6 rings (SSSR count). The van der Waals surface area contributed by atoms with Crippen LogP contribution in [-0.4, -0.2) is 164 Å². The number of carbonyl (C=O) groups excluding carboxylic acids is 7. The molecule has 1 unspecified atom stereocenters. The fraction of sp³-hybridized carbons (Fsp3) is 0.544. The number of nitrogens with two attached hydrogens (primary N) is 1. The van der Waals surface area contributed by atoms with Gasteiger partial charge in [0.15, 0.2) is 10.8 Å². The number of allylic oxidation sites excluding steroid dienone is 3. The number of benzene rings is 2. The molecule has 0 aromatic heterocycles. The van der Waals surface area contributed by atoms with Gasteiger partial charge in [-0.25, -0.2) is 14.4 Å². The number of nitrogens with one attached hydrogen (secondary N) is 7. The van der Waals surface area contributed by atoms with Crippen molar-refractivity contribution in [3.8, 4) is 11.5 Å². The number of alkyl carbamates (subject to hydrolysis) is 1. The molecule has 0 radical (unpaired) electrons. The maximum atomic E-state index is 14.5. The second kappa shape index (κ2) is 29.5. The molecule has 8 amide bonds. The quantitative estimate of drug-likeness (QED) is 0.0463. The second-order valence-electron chi connectivity index (χ2n) is 21.7. The third-order valence-electron chi connectivity index (χ3n) is 15.1. The highest BCUT2D eigenvalue weighted by atomic mass is 35.5. The number of methoxy groups -OCH3 is 3. The summed E-state index contributed by atoms with van der Waals surface area (Å²) in [5, 5.41) is 41.7. The number of nitrogens with zero attached hydrogens (tertiary/aromatic N) is 2. The number of urea groups is 1. The van der Waals surface area contributed by atoms with Gasteiger partial charge < -0.3 is 80.8 Å². The van der Waals surface area contributed by atoms with Gasteiger partial charge in [0.1, 0.15) is 58.7 Å². The minimum absolute atomic E-state index is 0.105. The summed E-state index contributed by atoms with van der Waals surface area (Å²) in [6, 6.07) is 5.21. The Labute approximate surface area is 499 Å². The topological polar surface area (TPSA) is 335 Å². The van der Waals surface area contributed by atoms with Crippen LogP contribution >= 0.6 is 23.8 Å². The zero-order valence-electron chi connectivity index (χ0n) is 48.7. The fourth-order valence-corrected chi connectivity index (χ4v) is 10.8. The molecule has 11 N–H and O–H groups in total. The Kier molecular flexibility index (Phi) is 23.2. The van der Waals surface area contributed by atoms with E-state index in [4.69, 9.17) is 58.0 Å². The van der Waals surface area contributed by atoms with E-state index in [9.17, 15) is 43.8 Å². The molecule has 460 valence electrons. The SMILES string of the molecule is COc1cc(NC(=O)O[C@H]2CC(=O)N(C)c3cc(cc(OC)c3Cl)C/C(C)=C/C=C/[C@@H](OC)[C@@]3(O)C[C@H](OC(=O)N3)[C@@H](C)[C@@H]3O[C@@]23C)ccc1NC(=O)[C@H](CCCCNC(N)=O)NC(=O)[C@@H](NC(=S)NCCCCN1C(=O)C=CC1O)C(C)C. The summed E-state index contributed by atoms with van der Waals surface area (Å²) in [6.07, 6.45) is 3.12. The molecule has 0 aliphatic carbocycles. The van der Waals surface area contributed by atoms with E-state index in [1.807, 2.05) is 26.8 Å². The van der Waals surface area contributed by atoms with Gasteiger partial charge in [0, 0.05) is 64.0 Å². The number of unbranched alkanes of at least 4 members (excludes halogenated alkanes) is 2. The number of rotatable bonds is 21. The summed E-state index contributed by atoms with van der Waals surface area (Å²) in [5.41, 5.74) is 4.29. The van der Waals surface area contributed by atoms with Crippen LogP contribution in [0.2, 0.25) is 5.02 Å². The smallest absolute Gasteiger partial charge is 0.412 e. The van der Waals surface area contributed by atoms with E-state index < -0.39 is 102 Å². The first-order valence-electron chi connectivity index (χ1n) is 27.7. The molecule has 0 spiro atoms. The highest BCUT2D eigenvalue weighted by Gasteiger charge is 2.64. The average Bonchev–Trinajstić information content (AvgIpc) is 4.27. The van der Waals surface area contributed by atoms with Crippen LogP contribution in [0.15, 0.2) is 66.3 Å². The van der Waals surface area contributed by atoms with Gasteiger partial charge in [-0.1, -0.05) is 56.2 Å². The summed E-state index contributed by atoms with van der Waals surface area (Å²) in [4.78, 5) is 95.8. The van der Waals surface area contributed by atoms with Crippen molar-refractivity contribution in [3.63, 3.8) is 0 Å². The van der Waals surface area contributed by atoms with E-state index in [0.29, 0.717) is 56.6 Å².